The molecule has 0 spiro atoms. The van der Waals surface area contributed by atoms with Crippen molar-refractivity contribution >= 4 is 5.91 Å². The van der Waals surface area contributed by atoms with Gasteiger partial charge >= 0.3 is 0 Å². The van der Waals surface area contributed by atoms with Crippen LogP contribution in [0.3, 0.4) is 0 Å². The highest BCUT2D eigenvalue weighted by atomic mass is 16.5. The fourth-order valence-corrected chi connectivity index (χ4v) is 1.89. The zero-order chi connectivity index (χ0) is 15.1. The van der Waals surface area contributed by atoms with Crippen LogP contribution in [-0.4, -0.2) is 30.3 Å². The average Bonchev–Trinajstić information content (AvgIpc) is 3.29. The van der Waals surface area contributed by atoms with Crippen LogP contribution in [0.4, 0.5) is 0 Å². The standard InChI is InChI=1S/C16H23NO4/c1-2-8-20-14-6-3-12(11-18)15(10-14)21-9-7-16(19)17-13-4-5-13/h3,6,10,13,18H,2,4-5,7-9,11H2,1H3,(H,17,19). The van der Waals surface area contributed by atoms with Gasteiger partial charge in [-0.25, -0.2) is 0 Å². The molecule has 0 aromatic heterocycles. The number of nitrogens with one attached hydrogen (secondary N) is 1. The number of carbonyl (C=O) groups excluding carboxylic acids is 1. The molecule has 1 aliphatic rings. The molecule has 0 unspecified atom stereocenters. The second kappa shape index (κ2) is 7.88. The lowest BCUT2D eigenvalue weighted by Crippen LogP contribution is -2.26. The summed E-state index contributed by atoms with van der Waals surface area (Å²) in [6, 6.07) is 5.73. The second-order valence-corrected chi connectivity index (χ2v) is 5.22. The quantitative estimate of drug-likeness (QED) is 0.731. The SMILES string of the molecule is CCCOc1ccc(CO)c(OCCC(=O)NC2CC2)c1. The first kappa shape index (κ1) is 15.6. The van der Waals surface area contributed by atoms with Crippen LogP contribution in [0.5, 0.6) is 11.5 Å². The van der Waals surface area contributed by atoms with E-state index in [-0.39, 0.29) is 12.5 Å². The summed E-state index contributed by atoms with van der Waals surface area (Å²) in [4.78, 5) is 11.6. The molecule has 1 aromatic rings. The molecule has 0 bridgehead atoms. The minimum absolute atomic E-state index is 0.0152. The molecule has 2 rings (SSSR count). The van der Waals surface area contributed by atoms with E-state index in [2.05, 4.69) is 5.32 Å². The maximum atomic E-state index is 11.6. The maximum absolute atomic E-state index is 11.6. The van der Waals surface area contributed by atoms with Crippen molar-refractivity contribution in [1.29, 1.82) is 0 Å². The van der Waals surface area contributed by atoms with E-state index in [0.29, 0.717) is 42.7 Å². The van der Waals surface area contributed by atoms with Crippen LogP contribution in [0.25, 0.3) is 0 Å². The van der Waals surface area contributed by atoms with E-state index in [0.717, 1.165) is 19.3 Å². The Hall–Kier alpha value is -1.75. The Kier molecular flexibility index (Phi) is 5.87. The molecule has 1 aliphatic carbocycles. The molecular weight excluding hydrogens is 270 g/mol. The van der Waals surface area contributed by atoms with Gasteiger partial charge in [0.1, 0.15) is 11.5 Å². The monoisotopic (exact) mass is 293 g/mol. The van der Waals surface area contributed by atoms with Crippen LogP contribution in [0, 0.1) is 0 Å². The van der Waals surface area contributed by atoms with Gasteiger partial charge in [0.05, 0.1) is 26.2 Å². The summed E-state index contributed by atoms with van der Waals surface area (Å²) in [5, 5.41) is 12.2. The summed E-state index contributed by atoms with van der Waals surface area (Å²) >= 11 is 0. The van der Waals surface area contributed by atoms with Crippen LogP contribution in [0.2, 0.25) is 0 Å². The predicted molar refractivity (Wildman–Crippen MR) is 79.4 cm³/mol. The summed E-state index contributed by atoms with van der Waals surface area (Å²) in [5.41, 5.74) is 0.696. The molecule has 2 N–H and O–H groups in total. The fourth-order valence-electron chi connectivity index (χ4n) is 1.89. The zero-order valence-corrected chi connectivity index (χ0v) is 12.4. The molecule has 116 valence electrons. The topological polar surface area (TPSA) is 67.8 Å². The number of amides is 1. The van der Waals surface area contributed by atoms with Crippen molar-refractivity contribution in [1.82, 2.24) is 5.32 Å². The van der Waals surface area contributed by atoms with Crippen molar-refractivity contribution in [2.45, 2.75) is 45.3 Å². The number of hydrogen-bond donors (Lipinski definition) is 2. The van der Waals surface area contributed by atoms with Gasteiger partial charge in [-0.2, -0.15) is 0 Å². The van der Waals surface area contributed by atoms with Gasteiger partial charge in [0.15, 0.2) is 0 Å². The Morgan fingerprint density at radius 1 is 1.33 bits per heavy atom. The zero-order valence-electron chi connectivity index (χ0n) is 12.4. The van der Waals surface area contributed by atoms with Crippen molar-refractivity contribution in [2.75, 3.05) is 13.2 Å². The molecular formula is C16H23NO4. The van der Waals surface area contributed by atoms with Crippen LogP contribution in [0.15, 0.2) is 18.2 Å². The first-order valence-corrected chi connectivity index (χ1v) is 7.51. The number of rotatable bonds is 9. The smallest absolute Gasteiger partial charge is 0.223 e. The predicted octanol–water partition coefficient (Wildman–Crippen LogP) is 2.02. The highest BCUT2D eigenvalue weighted by molar-refractivity contribution is 5.76. The number of carbonyl (C=O) groups is 1. The molecule has 0 atom stereocenters. The van der Waals surface area contributed by atoms with E-state index in [1.165, 1.54) is 0 Å². The molecule has 0 heterocycles. The van der Waals surface area contributed by atoms with Crippen molar-refractivity contribution < 1.29 is 19.4 Å². The Bertz CT molecular complexity index is 471. The summed E-state index contributed by atoms with van der Waals surface area (Å²) in [5.74, 6) is 1.30. The van der Waals surface area contributed by atoms with Crippen LogP contribution < -0.4 is 14.8 Å². The van der Waals surface area contributed by atoms with Gasteiger partial charge in [-0.05, 0) is 31.4 Å². The minimum Gasteiger partial charge on any atom is -0.493 e. The molecule has 1 aromatic carbocycles. The minimum atomic E-state index is -0.0995. The third kappa shape index (κ3) is 5.27. The van der Waals surface area contributed by atoms with E-state index >= 15 is 0 Å². The van der Waals surface area contributed by atoms with E-state index in [9.17, 15) is 9.90 Å². The van der Waals surface area contributed by atoms with Crippen LogP contribution in [-0.2, 0) is 11.4 Å². The summed E-state index contributed by atoms with van der Waals surface area (Å²) in [6.07, 6.45) is 3.41. The van der Waals surface area contributed by atoms with Crippen LogP contribution >= 0.6 is 0 Å². The van der Waals surface area contributed by atoms with Gasteiger partial charge in [-0.1, -0.05) is 6.92 Å². The highest BCUT2D eigenvalue weighted by Gasteiger charge is 2.22. The van der Waals surface area contributed by atoms with E-state index in [1.54, 1.807) is 12.1 Å². The van der Waals surface area contributed by atoms with Gasteiger partial charge in [-0.3, -0.25) is 4.79 Å². The average molecular weight is 293 g/mol. The summed E-state index contributed by atoms with van der Waals surface area (Å²) in [7, 11) is 0. The van der Waals surface area contributed by atoms with Gasteiger partial charge in [-0.15, -0.1) is 0 Å². The van der Waals surface area contributed by atoms with Crippen LogP contribution in [0.1, 0.15) is 38.2 Å². The number of hydrogen-bond acceptors (Lipinski definition) is 4. The number of ether oxygens (including phenoxy) is 2. The van der Waals surface area contributed by atoms with Crippen molar-refractivity contribution in [3.8, 4) is 11.5 Å². The largest absolute Gasteiger partial charge is 0.493 e. The molecule has 5 nitrogen and oxygen atoms in total. The number of benzene rings is 1. The van der Waals surface area contributed by atoms with Gasteiger partial charge < -0.3 is 19.9 Å². The number of aliphatic hydroxyl groups excluding tert-OH is 1. The van der Waals surface area contributed by atoms with Crippen molar-refractivity contribution in [2.24, 2.45) is 0 Å². The van der Waals surface area contributed by atoms with Crippen molar-refractivity contribution in [3.63, 3.8) is 0 Å². The highest BCUT2D eigenvalue weighted by Crippen LogP contribution is 2.25. The lowest BCUT2D eigenvalue weighted by Gasteiger charge is -2.12. The first-order valence-electron chi connectivity index (χ1n) is 7.51. The van der Waals surface area contributed by atoms with E-state index < -0.39 is 0 Å². The maximum Gasteiger partial charge on any atom is 0.223 e. The molecule has 5 heteroatoms. The third-order valence-electron chi connectivity index (χ3n) is 3.21. The summed E-state index contributed by atoms with van der Waals surface area (Å²) in [6.45, 7) is 2.88. The first-order chi connectivity index (χ1) is 10.2. The van der Waals surface area contributed by atoms with E-state index in [4.69, 9.17) is 9.47 Å². The molecule has 0 radical (unpaired) electrons. The number of aliphatic hydroxyl groups is 1. The molecule has 1 fully saturated rings. The third-order valence-corrected chi connectivity index (χ3v) is 3.21. The Morgan fingerprint density at radius 2 is 2.14 bits per heavy atom. The Balaban J connectivity index is 1.85. The van der Waals surface area contributed by atoms with E-state index in [1.807, 2.05) is 13.0 Å². The fraction of sp³-hybridized carbons (Fsp3) is 0.562. The van der Waals surface area contributed by atoms with Gasteiger partial charge in [0.2, 0.25) is 5.91 Å². The molecule has 1 amide bonds. The normalized spacial score (nSPS) is 13.8. The van der Waals surface area contributed by atoms with Gasteiger partial charge in [0.25, 0.3) is 0 Å². The van der Waals surface area contributed by atoms with Crippen molar-refractivity contribution in [3.05, 3.63) is 23.8 Å². The molecule has 0 saturated heterocycles. The lowest BCUT2D eigenvalue weighted by atomic mass is 10.2. The second-order valence-electron chi connectivity index (χ2n) is 5.22. The van der Waals surface area contributed by atoms with Gasteiger partial charge in [0, 0.05) is 17.7 Å². The molecule has 1 saturated carbocycles. The molecule has 21 heavy (non-hydrogen) atoms. The Labute approximate surface area is 125 Å². The lowest BCUT2D eigenvalue weighted by molar-refractivity contribution is -0.121. The summed E-state index contributed by atoms with van der Waals surface area (Å²) < 4.78 is 11.2. The molecule has 0 aliphatic heterocycles. The Morgan fingerprint density at radius 3 is 2.81 bits per heavy atom.